The first kappa shape index (κ1) is 28.4. The van der Waals surface area contributed by atoms with Gasteiger partial charge >= 0.3 is 6.09 Å². The van der Waals surface area contributed by atoms with Crippen LogP contribution in [0, 0.1) is 6.92 Å². The summed E-state index contributed by atoms with van der Waals surface area (Å²) in [5, 5.41) is 0. The first-order chi connectivity index (χ1) is 19.4. The van der Waals surface area contributed by atoms with Crippen molar-refractivity contribution in [2.75, 3.05) is 50.9 Å². The van der Waals surface area contributed by atoms with Crippen LogP contribution in [-0.2, 0) is 9.47 Å². The summed E-state index contributed by atoms with van der Waals surface area (Å²) in [5.41, 5.74) is 1.96. The fourth-order valence-electron chi connectivity index (χ4n) is 4.92. The minimum absolute atomic E-state index is 0.0141. The number of cyclic esters (lactones) is 1. The molecule has 0 bridgehead atoms. The molecule has 1 amide bonds. The lowest BCUT2D eigenvalue weighted by Crippen LogP contribution is -2.31. The Kier molecular flexibility index (Phi) is 9.21. The number of halogens is 1. The van der Waals surface area contributed by atoms with Crippen LogP contribution in [0.15, 0.2) is 53.5 Å². The first-order valence-corrected chi connectivity index (χ1v) is 14.6. The van der Waals surface area contributed by atoms with Crippen molar-refractivity contribution in [2.45, 2.75) is 32.3 Å². The standard InChI is InChI=1S/C29H32ClN3O6S/c1-20-18-21(33-19-22(39-29(33)36)6-8-24(34)26-9-10-27(30)40-26)5-7-23(20)32-12-2-4-25(28(32)35)38-17-14-31-11-3-15-37-16-13-31/h2,4-5,7,9-10,12,18,22H,3,6,8,11,13-17,19H2,1H3/t22-/m0/s1. The van der Waals surface area contributed by atoms with Gasteiger partial charge < -0.3 is 14.2 Å². The lowest BCUT2D eigenvalue weighted by molar-refractivity contribution is 0.0943. The predicted octanol–water partition coefficient (Wildman–Crippen LogP) is 4.95. The SMILES string of the molecule is Cc1cc(N2C[C@H](CCC(=O)c3ccc(Cl)s3)OC2=O)ccc1-n1cccc(OCCN2CCCOCC2)c1=O. The number of Topliss-reactive ketones (excluding diaryl/α,β-unsaturated/α-hetero) is 1. The number of amides is 1. The highest BCUT2D eigenvalue weighted by Crippen LogP contribution is 2.28. The van der Waals surface area contributed by atoms with E-state index < -0.39 is 6.09 Å². The number of thiophene rings is 1. The van der Waals surface area contributed by atoms with Crippen LogP contribution in [0.3, 0.4) is 0 Å². The second kappa shape index (κ2) is 13.0. The van der Waals surface area contributed by atoms with Gasteiger partial charge in [-0.25, -0.2) is 4.79 Å². The van der Waals surface area contributed by atoms with Gasteiger partial charge in [-0.3, -0.25) is 24.0 Å². The number of pyridine rings is 1. The van der Waals surface area contributed by atoms with E-state index in [-0.39, 0.29) is 23.9 Å². The second-order valence-electron chi connectivity index (χ2n) is 9.86. The number of ether oxygens (including phenoxy) is 3. The molecule has 0 aliphatic carbocycles. The molecule has 2 aliphatic rings. The third-order valence-corrected chi connectivity index (χ3v) is 8.33. The summed E-state index contributed by atoms with van der Waals surface area (Å²) >= 11 is 7.18. The van der Waals surface area contributed by atoms with Crippen molar-refractivity contribution in [2.24, 2.45) is 0 Å². The molecule has 0 N–H and O–H groups in total. The normalized spacial score (nSPS) is 18.0. The maximum absolute atomic E-state index is 13.2. The van der Waals surface area contributed by atoms with Crippen molar-refractivity contribution < 1.29 is 23.8 Å². The average molecular weight is 586 g/mol. The van der Waals surface area contributed by atoms with E-state index >= 15 is 0 Å². The van der Waals surface area contributed by atoms with Crippen LogP contribution in [0.25, 0.3) is 5.69 Å². The Morgan fingerprint density at radius 1 is 1.15 bits per heavy atom. The number of rotatable bonds is 10. The van der Waals surface area contributed by atoms with Crippen molar-refractivity contribution >= 4 is 40.5 Å². The molecule has 2 aromatic heterocycles. The minimum atomic E-state index is -0.452. The van der Waals surface area contributed by atoms with Crippen molar-refractivity contribution in [3.05, 3.63) is 73.8 Å². The van der Waals surface area contributed by atoms with Crippen molar-refractivity contribution in [3.8, 4) is 11.4 Å². The van der Waals surface area contributed by atoms with Gasteiger partial charge in [0, 0.05) is 44.5 Å². The van der Waals surface area contributed by atoms with Crippen LogP contribution in [0.4, 0.5) is 10.5 Å². The predicted molar refractivity (Wildman–Crippen MR) is 155 cm³/mol. The van der Waals surface area contributed by atoms with Crippen LogP contribution in [0.1, 0.15) is 34.5 Å². The minimum Gasteiger partial charge on any atom is -0.487 e. The second-order valence-corrected chi connectivity index (χ2v) is 11.6. The highest BCUT2D eigenvalue weighted by Gasteiger charge is 2.33. The van der Waals surface area contributed by atoms with Crippen LogP contribution < -0.4 is 15.2 Å². The third kappa shape index (κ3) is 6.75. The van der Waals surface area contributed by atoms with E-state index in [4.69, 9.17) is 25.8 Å². The summed E-state index contributed by atoms with van der Waals surface area (Å²) in [5.74, 6) is 0.280. The summed E-state index contributed by atoms with van der Waals surface area (Å²) < 4.78 is 19.0. The molecular weight excluding hydrogens is 554 g/mol. The number of ketones is 1. The molecule has 1 atom stereocenters. The van der Waals surface area contributed by atoms with E-state index in [1.54, 1.807) is 46.0 Å². The Balaban J connectivity index is 1.21. The zero-order chi connectivity index (χ0) is 28.1. The summed E-state index contributed by atoms with van der Waals surface area (Å²) in [7, 11) is 0. The van der Waals surface area contributed by atoms with E-state index in [2.05, 4.69) is 4.90 Å². The molecule has 0 unspecified atom stereocenters. The van der Waals surface area contributed by atoms with Gasteiger partial charge in [0.05, 0.1) is 28.1 Å². The molecule has 4 heterocycles. The Hall–Kier alpha value is -3.18. The number of anilines is 1. The molecule has 2 aliphatic heterocycles. The van der Waals surface area contributed by atoms with Gasteiger partial charge in [-0.1, -0.05) is 11.6 Å². The number of hydrogen-bond acceptors (Lipinski definition) is 8. The summed E-state index contributed by atoms with van der Waals surface area (Å²) in [4.78, 5) is 42.7. The maximum Gasteiger partial charge on any atom is 0.414 e. The topological polar surface area (TPSA) is 90.3 Å². The van der Waals surface area contributed by atoms with E-state index in [0.29, 0.717) is 52.5 Å². The molecule has 5 rings (SSSR count). The molecule has 1 aromatic carbocycles. The summed E-state index contributed by atoms with van der Waals surface area (Å²) in [6.07, 6.45) is 2.57. The van der Waals surface area contributed by atoms with Gasteiger partial charge in [0.15, 0.2) is 11.5 Å². The summed E-state index contributed by atoms with van der Waals surface area (Å²) in [6, 6.07) is 12.4. The first-order valence-electron chi connectivity index (χ1n) is 13.4. The molecule has 40 heavy (non-hydrogen) atoms. The Morgan fingerprint density at radius 3 is 2.83 bits per heavy atom. The van der Waals surface area contributed by atoms with E-state index in [1.807, 2.05) is 19.1 Å². The van der Waals surface area contributed by atoms with Crippen LogP contribution in [0.5, 0.6) is 5.75 Å². The molecular formula is C29H32ClN3O6S. The van der Waals surface area contributed by atoms with Gasteiger partial charge in [0.25, 0.3) is 5.56 Å². The van der Waals surface area contributed by atoms with Crippen LogP contribution in [0.2, 0.25) is 4.34 Å². The van der Waals surface area contributed by atoms with Gasteiger partial charge in [-0.15, -0.1) is 11.3 Å². The number of aromatic nitrogens is 1. The molecule has 3 aromatic rings. The van der Waals surface area contributed by atoms with Gasteiger partial charge in [-0.05, 0) is 67.8 Å². The molecule has 0 saturated carbocycles. The molecule has 212 valence electrons. The van der Waals surface area contributed by atoms with Gasteiger partial charge in [0.1, 0.15) is 12.7 Å². The third-order valence-electron chi connectivity index (χ3n) is 7.06. The lowest BCUT2D eigenvalue weighted by Gasteiger charge is -2.19. The van der Waals surface area contributed by atoms with Gasteiger partial charge in [-0.2, -0.15) is 0 Å². The number of hydrogen-bond donors (Lipinski definition) is 0. The Bertz CT molecular complexity index is 1410. The zero-order valence-corrected chi connectivity index (χ0v) is 23.9. The molecule has 2 saturated heterocycles. The maximum atomic E-state index is 13.2. The largest absolute Gasteiger partial charge is 0.487 e. The number of benzene rings is 1. The Morgan fingerprint density at radius 2 is 2.02 bits per heavy atom. The van der Waals surface area contributed by atoms with E-state index in [9.17, 15) is 14.4 Å². The number of nitrogens with zero attached hydrogens (tertiary/aromatic N) is 3. The van der Waals surface area contributed by atoms with Crippen molar-refractivity contribution in [1.82, 2.24) is 9.47 Å². The van der Waals surface area contributed by atoms with E-state index in [0.717, 1.165) is 38.2 Å². The fraction of sp³-hybridized carbons (Fsp3) is 0.414. The molecule has 2 fully saturated rings. The Labute approximate surface area is 241 Å². The van der Waals surface area contributed by atoms with Crippen LogP contribution >= 0.6 is 22.9 Å². The quantitative estimate of drug-likeness (QED) is 0.311. The summed E-state index contributed by atoms with van der Waals surface area (Å²) in [6.45, 7) is 6.72. The molecule has 0 radical (unpaired) electrons. The highest BCUT2D eigenvalue weighted by atomic mass is 35.5. The number of carbonyl (C=O) groups excluding carboxylic acids is 2. The van der Waals surface area contributed by atoms with Gasteiger partial charge in [0.2, 0.25) is 0 Å². The zero-order valence-electron chi connectivity index (χ0n) is 22.3. The van der Waals surface area contributed by atoms with Crippen LogP contribution in [-0.4, -0.2) is 73.4 Å². The number of carbonyl (C=O) groups is 2. The lowest BCUT2D eigenvalue weighted by atomic mass is 10.1. The van der Waals surface area contributed by atoms with Crippen molar-refractivity contribution in [3.63, 3.8) is 0 Å². The molecule has 11 heteroatoms. The number of aryl methyl sites for hydroxylation is 1. The monoisotopic (exact) mass is 585 g/mol. The molecule has 0 spiro atoms. The average Bonchev–Trinajstić information content (AvgIpc) is 3.44. The van der Waals surface area contributed by atoms with E-state index in [1.165, 1.54) is 11.3 Å². The smallest absolute Gasteiger partial charge is 0.414 e. The molecule has 9 nitrogen and oxygen atoms in total. The highest BCUT2D eigenvalue weighted by molar-refractivity contribution is 7.18. The van der Waals surface area contributed by atoms with Crippen molar-refractivity contribution in [1.29, 1.82) is 0 Å². The fourth-order valence-corrected chi connectivity index (χ4v) is 5.93.